The molecule has 0 fully saturated rings. The average molecular weight is 287 g/mol. The van der Waals surface area contributed by atoms with E-state index in [0.717, 1.165) is 12.0 Å². The fraction of sp³-hybridized carbons (Fsp3) is 0.214. The lowest BCUT2D eigenvalue weighted by molar-refractivity contribution is 0.102. The summed E-state index contributed by atoms with van der Waals surface area (Å²) in [5.41, 5.74) is 4.28. The number of anilines is 2. The van der Waals surface area contributed by atoms with Gasteiger partial charge in [0.1, 0.15) is 5.69 Å². The van der Waals surface area contributed by atoms with Gasteiger partial charge in [0.2, 0.25) is 0 Å². The zero-order chi connectivity index (χ0) is 15.1. The fourth-order valence-corrected chi connectivity index (χ4v) is 1.80. The first-order chi connectivity index (χ1) is 10.2. The summed E-state index contributed by atoms with van der Waals surface area (Å²) in [6.07, 6.45) is 4.18. The van der Waals surface area contributed by atoms with Gasteiger partial charge in [-0.25, -0.2) is 15.8 Å². The van der Waals surface area contributed by atoms with E-state index in [1.54, 1.807) is 6.07 Å². The molecule has 7 nitrogen and oxygen atoms in total. The Balaban J connectivity index is 2.04. The first kappa shape index (κ1) is 14.9. The molecule has 0 saturated heterocycles. The molecule has 0 unspecified atom stereocenters. The number of hydrogen-bond acceptors (Lipinski definition) is 6. The number of carbonyl (C=O) groups excluding carboxylic acids is 1. The number of rotatable bonds is 6. The average Bonchev–Trinajstić information content (AvgIpc) is 2.53. The molecule has 0 radical (unpaired) electrons. The molecule has 0 bridgehead atoms. The third kappa shape index (κ3) is 4.23. The molecular weight excluding hydrogens is 270 g/mol. The summed E-state index contributed by atoms with van der Waals surface area (Å²) < 4.78 is 0. The minimum absolute atomic E-state index is 0.147. The summed E-state index contributed by atoms with van der Waals surface area (Å²) in [7, 11) is 0. The number of nitrogens with two attached hydrogens (primary N) is 1. The van der Waals surface area contributed by atoms with Crippen LogP contribution < -0.4 is 16.6 Å². The minimum atomic E-state index is -0.342. The lowest BCUT2D eigenvalue weighted by atomic mass is 10.1. The molecule has 1 amide bonds. The van der Waals surface area contributed by atoms with Crippen LogP contribution in [0, 0.1) is 0 Å². The predicted octanol–water partition coefficient (Wildman–Crippen LogP) is 0.939. The first-order valence-corrected chi connectivity index (χ1v) is 6.52. The first-order valence-electron chi connectivity index (χ1n) is 6.52. The summed E-state index contributed by atoms with van der Waals surface area (Å²) in [6, 6.07) is 7.47. The van der Waals surface area contributed by atoms with Crippen LogP contribution in [0.3, 0.4) is 0 Å². The van der Waals surface area contributed by atoms with E-state index in [-0.39, 0.29) is 18.2 Å². The Morgan fingerprint density at radius 3 is 2.81 bits per heavy atom. The standard InChI is InChI=1S/C14H17N5O2/c15-19-13-9-16-12(8-17-13)14(21)18-11-5-1-3-10(7-11)4-2-6-20/h1,3,5,7-9,20H,2,4,6,15H2,(H,17,19)(H,18,21). The monoisotopic (exact) mass is 287 g/mol. The second-order valence-electron chi connectivity index (χ2n) is 4.41. The number of benzene rings is 1. The summed E-state index contributed by atoms with van der Waals surface area (Å²) >= 11 is 0. The molecule has 7 heteroatoms. The highest BCUT2D eigenvalue weighted by Gasteiger charge is 2.08. The predicted molar refractivity (Wildman–Crippen MR) is 79.6 cm³/mol. The number of nitrogens with one attached hydrogen (secondary N) is 2. The van der Waals surface area contributed by atoms with E-state index in [1.807, 2.05) is 18.2 Å². The lowest BCUT2D eigenvalue weighted by Gasteiger charge is -2.07. The number of hydrogen-bond donors (Lipinski definition) is 4. The Morgan fingerprint density at radius 1 is 1.29 bits per heavy atom. The maximum absolute atomic E-state index is 12.0. The van der Waals surface area contributed by atoms with Gasteiger partial charge in [-0.05, 0) is 30.5 Å². The van der Waals surface area contributed by atoms with E-state index < -0.39 is 0 Å². The SMILES string of the molecule is NNc1cnc(C(=O)Nc2cccc(CCCO)c2)cn1. The van der Waals surface area contributed by atoms with Crippen LogP contribution in [0.2, 0.25) is 0 Å². The molecule has 0 aliphatic carbocycles. The Hall–Kier alpha value is -2.51. The maximum atomic E-state index is 12.0. The topological polar surface area (TPSA) is 113 Å². The molecule has 110 valence electrons. The van der Waals surface area contributed by atoms with Crippen LogP contribution in [-0.4, -0.2) is 27.6 Å². The van der Waals surface area contributed by atoms with Crippen LogP contribution in [0.25, 0.3) is 0 Å². The van der Waals surface area contributed by atoms with E-state index in [2.05, 4.69) is 20.7 Å². The normalized spacial score (nSPS) is 10.2. The lowest BCUT2D eigenvalue weighted by Crippen LogP contribution is -2.15. The summed E-state index contributed by atoms with van der Waals surface area (Å²) in [5.74, 6) is 5.23. The van der Waals surface area contributed by atoms with Crippen molar-refractivity contribution in [3.05, 3.63) is 47.9 Å². The van der Waals surface area contributed by atoms with Crippen LogP contribution in [0.4, 0.5) is 11.5 Å². The molecule has 0 atom stereocenters. The zero-order valence-electron chi connectivity index (χ0n) is 11.4. The van der Waals surface area contributed by atoms with Crippen molar-refractivity contribution in [1.29, 1.82) is 0 Å². The van der Waals surface area contributed by atoms with Crippen LogP contribution in [0.1, 0.15) is 22.5 Å². The second-order valence-corrected chi connectivity index (χ2v) is 4.41. The molecule has 2 aromatic rings. The smallest absolute Gasteiger partial charge is 0.275 e. The van der Waals surface area contributed by atoms with Crippen molar-refractivity contribution >= 4 is 17.4 Å². The highest BCUT2D eigenvalue weighted by Crippen LogP contribution is 2.13. The van der Waals surface area contributed by atoms with E-state index in [4.69, 9.17) is 10.9 Å². The largest absolute Gasteiger partial charge is 0.396 e. The Labute approximate surface area is 122 Å². The van der Waals surface area contributed by atoms with Gasteiger partial charge in [0.15, 0.2) is 5.82 Å². The summed E-state index contributed by atoms with van der Waals surface area (Å²) in [4.78, 5) is 19.9. The number of nitrogen functional groups attached to an aromatic ring is 1. The Morgan fingerprint density at radius 2 is 2.14 bits per heavy atom. The van der Waals surface area contributed by atoms with Gasteiger partial charge in [-0.1, -0.05) is 12.1 Å². The quantitative estimate of drug-likeness (QED) is 0.464. The van der Waals surface area contributed by atoms with Crippen molar-refractivity contribution in [2.24, 2.45) is 5.84 Å². The summed E-state index contributed by atoms with van der Waals surface area (Å²) in [6.45, 7) is 0.147. The van der Waals surface area contributed by atoms with Gasteiger partial charge < -0.3 is 15.8 Å². The highest BCUT2D eigenvalue weighted by molar-refractivity contribution is 6.02. The van der Waals surface area contributed by atoms with Gasteiger partial charge in [-0.3, -0.25) is 4.79 Å². The summed E-state index contributed by atoms with van der Waals surface area (Å²) in [5, 5.41) is 11.6. The molecule has 0 aliphatic heterocycles. The van der Waals surface area contributed by atoms with E-state index >= 15 is 0 Å². The van der Waals surface area contributed by atoms with Crippen LogP contribution in [-0.2, 0) is 6.42 Å². The highest BCUT2D eigenvalue weighted by atomic mass is 16.2. The zero-order valence-corrected chi connectivity index (χ0v) is 11.4. The number of aliphatic hydroxyl groups is 1. The number of aliphatic hydroxyl groups excluding tert-OH is 1. The van der Waals surface area contributed by atoms with Gasteiger partial charge in [0.05, 0.1) is 12.4 Å². The van der Waals surface area contributed by atoms with E-state index in [9.17, 15) is 4.79 Å². The molecule has 5 N–H and O–H groups in total. The van der Waals surface area contributed by atoms with Gasteiger partial charge in [0.25, 0.3) is 5.91 Å². The number of amides is 1. The number of aryl methyl sites for hydroxylation is 1. The van der Waals surface area contributed by atoms with Gasteiger partial charge in [-0.2, -0.15) is 0 Å². The third-order valence-corrected chi connectivity index (χ3v) is 2.84. The van der Waals surface area contributed by atoms with Crippen molar-refractivity contribution in [2.75, 3.05) is 17.3 Å². The molecular formula is C14H17N5O2. The van der Waals surface area contributed by atoms with Crippen LogP contribution >= 0.6 is 0 Å². The van der Waals surface area contributed by atoms with Crippen molar-refractivity contribution in [2.45, 2.75) is 12.8 Å². The molecule has 1 heterocycles. The van der Waals surface area contributed by atoms with Crippen molar-refractivity contribution in [3.63, 3.8) is 0 Å². The molecule has 1 aromatic heterocycles. The second kappa shape index (κ2) is 7.32. The van der Waals surface area contributed by atoms with Gasteiger partial charge in [0, 0.05) is 12.3 Å². The van der Waals surface area contributed by atoms with Crippen molar-refractivity contribution < 1.29 is 9.90 Å². The number of aromatic nitrogens is 2. The van der Waals surface area contributed by atoms with E-state index in [0.29, 0.717) is 17.9 Å². The minimum Gasteiger partial charge on any atom is -0.396 e. The van der Waals surface area contributed by atoms with Crippen LogP contribution in [0.5, 0.6) is 0 Å². The molecule has 0 spiro atoms. The molecule has 21 heavy (non-hydrogen) atoms. The Kier molecular flexibility index (Phi) is 5.19. The van der Waals surface area contributed by atoms with E-state index in [1.165, 1.54) is 12.4 Å². The van der Waals surface area contributed by atoms with Crippen molar-refractivity contribution in [1.82, 2.24) is 9.97 Å². The van der Waals surface area contributed by atoms with Crippen molar-refractivity contribution in [3.8, 4) is 0 Å². The third-order valence-electron chi connectivity index (χ3n) is 2.84. The van der Waals surface area contributed by atoms with Gasteiger partial charge in [-0.15, -0.1) is 0 Å². The Bertz CT molecular complexity index is 601. The number of carbonyl (C=O) groups is 1. The van der Waals surface area contributed by atoms with Crippen LogP contribution in [0.15, 0.2) is 36.7 Å². The molecule has 1 aromatic carbocycles. The number of nitrogens with zero attached hydrogens (tertiary/aromatic N) is 2. The molecule has 0 saturated carbocycles. The maximum Gasteiger partial charge on any atom is 0.275 e. The fourth-order valence-electron chi connectivity index (χ4n) is 1.80. The molecule has 2 rings (SSSR count). The number of hydrazine groups is 1. The molecule has 0 aliphatic rings. The van der Waals surface area contributed by atoms with Gasteiger partial charge >= 0.3 is 0 Å².